The van der Waals surface area contributed by atoms with Crippen LogP contribution in [0.25, 0.3) is 0 Å². The Bertz CT molecular complexity index is 748. The fourth-order valence-electron chi connectivity index (χ4n) is 2.85. The van der Waals surface area contributed by atoms with E-state index in [2.05, 4.69) is 65.3 Å². The van der Waals surface area contributed by atoms with Crippen LogP contribution in [0.2, 0.25) is 0 Å². The van der Waals surface area contributed by atoms with Gasteiger partial charge in [0.2, 0.25) is 0 Å². The number of aromatic amines is 1. The molecule has 25 heavy (non-hydrogen) atoms. The molecule has 1 aliphatic rings. The number of rotatable bonds is 2. The van der Waals surface area contributed by atoms with Gasteiger partial charge in [-0.3, -0.25) is 5.10 Å². The first-order valence-corrected chi connectivity index (χ1v) is 8.58. The molecule has 2 aromatic rings. The van der Waals surface area contributed by atoms with E-state index in [0.29, 0.717) is 25.5 Å². The molecule has 1 aromatic heterocycles. The van der Waals surface area contributed by atoms with Crippen LogP contribution in [0.1, 0.15) is 38.0 Å². The summed E-state index contributed by atoms with van der Waals surface area (Å²) in [6.45, 7) is 8.62. The molecule has 0 saturated carbocycles. The standard InChI is InChI=1S/C18H26N6O/c1-18(2,3)16-20-15(21-22-16)11-19-17(25)24-10-9-23(4)14-8-6-5-7-13(14)12-24/h5-8H,9-12H2,1-4H3,(H,19,25)(H,20,21,22). The number of nitrogens with zero attached hydrogens (tertiary/aromatic N) is 4. The second-order valence-electron chi connectivity index (χ2n) is 7.49. The lowest BCUT2D eigenvalue weighted by atomic mass is 9.96. The number of likely N-dealkylation sites (N-methyl/N-ethyl adjacent to an activating group) is 1. The van der Waals surface area contributed by atoms with Crippen molar-refractivity contribution in [3.05, 3.63) is 41.5 Å². The Kier molecular flexibility index (Phi) is 4.65. The summed E-state index contributed by atoms with van der Waals surface area (Å²) in [6, 6.07) is 8.13. The number of hydrogen-bond donors (Lipinski definition) is 2. The van der Waals surface area contributed by atoms with Crippen LogP contribution in [-0.2, 0) is 18.5 Å². The lowest BCUT2D eigenvalue weighted by Gasteiger charge is -2.21. The molecule has 0 unspecified atom stereocenters. The number of carbonyl (C=O) groups is 1. The third-order valence-corrected chi connectivity index (χ3v) is 4.37. The van der Waals surface area contributed by atoms with Gasteiger partial charge in [0.15, 0.2) is 5.82 Å². The third kappa shape index (κ3) is 3.92. The van der Waals surface area contributed by atoms with Crippen LogP contribution in [0.4, 0.5) is 10.5 Å². The van der Waals surface area contributed by atoms with Gasteiger partial charge >= 0.3 is 6.03 Å². The van der Waals surface area contributed by atoms with Crippen molar-refractivity contribution in [3.8, 4) is 0 Å². The number of anilines is 1. The van der Waals surface area contributed by atoms with E-state index in [9.17, 15) is 4.79 Å². The van der Waals surface area contributed by atoms with Crippen LogP contribution >= 0.6 is 0 Å². The highest BCUT2D eigenvalue weighted by molar-refractivity contribution is 5.75. The number of hydrogen-bond acceptors (Lipinski definition) is 4. The lowest BCUT2D eigenvalue weighted by Crippen LogP contribution is -2.41. The van der Waals surface area contributed by atoms with Crippen molar-refractivity contribution in [1.82, 2.24) is 25.4 Å². The molecule has 1 aromatic carbocycles. The molecule has 2 heterocycles. The highest BCUT2D eigenvalue weighted by Gasteiger charge is 2.22. The zero-order chi connectivity index (χ0) is 18.0. The van der Waals surface area contributed by atoms with Gasteiger partial charge in [0.25, 0.3) is 0 Å². The van der Waals surface area contributed by atoms with E-state index in [0.717, 1.165) is 17.9 Å². The van der Waals surface area contributed by atoms with Crippen molar-refractivity contribution >= 4 is 11.7 Å². The Morgan fingerprint density at radius 2 is 2.04 bits per heavy atom. The van der Waals surface area contributed by atoms with Gasteiger partial charge in [-0.1, -0.05) is 39.0 Å². The number of carbonyl (C=O) groups excluding carboxylic acids is 1. The molecule has 3 rings (SSSR count). The second-order valence-corrected chi connectivity index (χ2v) is 7.49. The van der Waals surface area contributed by atoms with Crippen molar-refractivity contribution in [2.24, 2.45) is 0 Å². The van der Waals surface area contributed by atoms with E-state index in [4.69, 9.17) is 0 Å². The summed E-state index contributed by atoms with van der Waals surface area (Å²) in [7, 11) is 2.06. The van der Waals surface area contributed by atoms with Crippen LogP contribution in [0.15, 0.2) is 24.3 Å². The maximum Gasteiger partial charge on any atom is 0.318 e. The Balaban J connectivity index is 1.63. The number of urea groups is 1. The normalized spacial score (nSPS) is 14.9. The summed E-state index contributed by atoms with van der Waals surface area (Å²) in [5.74, 6) is 1.42. The maximum absolute atomic E-state index is 12.6. The van der Waals surface area contributed by atoms with Gasteiger partial charge in [-0.15, -0.1) is 0 Å². The minimum atomic E-state index is -0.113. The number of amides is 2. The maximum atomic E-state index is 12.6. The van der Waals surface area contributed by atoms with Crippen LogP contribution in [-0.4, -0.2) is 46.2 Å². The highest BCUT2D eigenvalue weighted by Crippen LogP contribution is 2.23. The summed E-state index contributed by atoms with van der Waals surface area (Å²) in [4.78, 5) is 21.1. The molecule has 1 aliphatic heterocycles. The van der Waals surface area contributed by atoms with Crippen molar-refractivity contribution < 1.29 is 4.79 Å². The topological polar surface area (TPSA) is 77.2 Å². The predicted octanol–water partition coefficient (Wildman–Crippen LogP) is 2.26. The summed E-state index contributed by atoms with van der Waals surface area (Å²) >= 11 is 0. The van der Waals surface area contributed by atoms with Crippen molar-refractivity contribution in [1.29, 1.82) is 0 Å². The van der Waals surface area contributed by atoms with E-state index in [-0.39, 0.29) is 11.4 Å². The van der Waals surface area contributed by atoms with E-state index in [1.165, 1.54) is 5.69 Å². The molecule has 0 saturated heterocycles. The van der Waals surface area contributed by atoms with Crippen LogP contribution in [0.3, 0.4) is 0 Å². The average Bonchev–Trinajstić information content (AvgIpc) is 2.99. The van der Waals surface area contributed by atoms with Crippen molar-refractivity contribution in [2.75, 3.05) is 25.0 Å². The second kappa shape index (κ2) is 6.74. The molecule has 0 bridgehead atoms. The predicted molar refractivity (Wildman–Crippen MR) is 97.4 cm³/mol. The molecule has 0 spiro atoms. The van der Waals surface area contributed by atoms with E-state index >= 15 is 0 Å². The van der Waals surface area contributed by atoms with Gasteiger partial charge in [-0.2, -0.15) is 5.10 Å². The highest BCUT2D eigenvalue weighted by atomic mass is 16.2. The molecular formula is C18H26N6O. The fourth-order valence-corrected chi connectivity index (χ4v) is 2.85. The van der Waals surface area contributed by atoms with Crippen molar-refractivity contribution in [3.63, 3.8) is 0 Å². The van der Waals surface area contributed by atoms with Gasteiger partial charge in [-0.05, 0) is 11.6 Å². The van der Waals surface area contributed by atoms with Gasteiger partial charge in [0.05, 0.1) is 6.54 Å². The Labute approximate surface area is 148 Å². The van der Waals surface area contributed by atoms with Crippen molar-refractivity contribution in [2.45, 2.75) is 39.3 Å². The van der Waals surface area contributed by atoms with E-state index in [1.807, 2.05) is 17.0 Å². The Hall–Kier alpha value is -2.57. The van der Waals surface area contributed by atoms with E-state index < -0.39 is 0 Å². The minimum Gasteiger partial charge on any atom is -0.373 e. The molecule has 2 N–H and O–H groups in total. The first-order valence-electron chi connectivity index (χ1n) is 8.58. The zero-order valence-corrected chi connectivity index (χ0v) is 15.3. The Morgan fingerprint density at radius 1 is 1.28 bits per heavy atom. The van der Waals surface area contributed by atoms with Gasteiger partial charge in [-0.25, -0.2) is 9.78 Å². The Morgan fingerprint density at radius 3 is 2.76 bits per heavy atom. The van der Waals surface area contributed by atoms with Crippen LogP contribution < -0.4 is 10.2 Å². The molecule has 0 atom stereocenters. The molecule has 0 radical (unpaired) electrons. The number of fused-ring (bicyclic) bond motifs is 1. The van der Waals surface area contributed by atoms with Crippen LogP contribution in [0.5, 0.6) is 0 Å². The minimum absolute atomic E-state index is 0.0844. The number of nitrogens with one attached hydrogen (secondary N) is 2. The summed E-state index contributed by atoms with van der Waals surface area (Å²) < 4.78 is 0. The summed E-state index contributed by atoms with van der Waals surface area (Å²) in [6.07, 6.45) is 0. The molecule has 0 fully saturated rings. The number of H-pyrrole nitrogens is 1. The first kappa shape index (κ1) is 17.3. The molecule has 7 nitrogen and oxygen atoms in total. The van der Waals surface area contributed by atoms with E-state index in [1.54, 1.807) is 0 Å². The fraction of sp³-hybridized carbons (Fsp3) is 0.500. The van der Waals surface area contributed by atoms with Gasteiger partial charge < -0.3 is 15.1 Å². The number of aromatic nitrogens is 3. The average molecular weight is 342 g/mol. The largest absolute Gasteiger partial charge is 0.373 e. The number of benzene rings is 1. The number of para-hydroxylation sites is 1. The molecule has 134 valence electrons. The smallest absolute Gasteiger partial charge is 0.318 e. The summed E-state index contributed by atoms with van der Waals surface area (Å²) in [5, 5.41) is 10.1. The quantitative estimate of drug-likeness (QED) is 0.878. The van der Waals surface area contributed by atoms with Gasteiger partial charge in [0.1, 0.15) is 5.82 Å². The SMILES string of the molecule is CN1CCN(C(=O)NCc2nc(C(C)(C)C)n[nH]2)Cc2ccccc21. The molecule has 0 aliphatic carbocycles. The summed E-state index contributed by atoms with van der Waals surface area (Å²) in [5.41, 5.74) is 2.23. The monoisotopic (exact) mass is 342 g/mol. The zero-order valence-electron chi connectivity index (χ0n) is 15.3. The molecule has 2 amide bonds. The third-order valence-electron chi connectivity index (χ3n) is 4.37. The van der Waals surface area contributed by atoms with Gasteiger partial charge in [0, 0.05) is 37.8 Å². The lowest BCUT2D eigenvalue weighted by molar-refractivity contribution is 0.197. The molecular weight excluding hydrogens is 316 g/mol. The molecule has 7 heteroatoms. The van der Waals surface area contributed by atoms with Crippen LogP contribution in [0, 0.1) is 0 Å². The first-order chi connectivity index (χ1) is 11.8.